The van der Waals surface area contributed by atoms with E-state index in [-0.39, 0.29) is 5.41 Å². The molecule has 1 aliphatic rings. The van der Waals surface area contributed by atoms with E-state index in [0.717, 1.165) is 66.9 Å². The van der Waals surface area contributed by atoms with Crippen LogP contribution in [0.5, 0.6) is 0 Å². The lowest BCUT2D eigenvalue weighted by molar-refractivity contribution is 0.660. The predicted molar refractivity (Wildman–Crippen MR) is 294 cm³/mol. The summed E-state index contributed by atoms with van der Waals surface area (Å²) in [6.45, 7) is 4.71. The number of anilines is 3. The summed E-state index contributed by atoms with van der Waals surface area (Å²) in [5.41, 5.74) is 20.4. The first kappa shape index (κ1) is 40.2. The van der Waals surface area contributed by atoms with Gasteiger partial charge in [0.15, 0.2) is 0 Å². The van der Waals surface area contributed by atoms with Gasteiger partial charge in [-0.15, -0.1) is 0 Å². The monoisotopic (exact) mass is 894 g/mol. The second-order valence-electron chi connectivity index (χ2n) is 19.2. The third-order valence-electron chi connectivity index (χ3n) is 15.0. The summed E-state index contributed by atoms with van der Waals surface area (Å²) in [5.74, 6) is 0. The highest BCUT2D eigenvalue weighted by molar-refractivity contribution is 6.13. The summed E-state index contributed by atoms with van der Waals surface area (Å²) < 4.78 is 9.32. The molecule has 0 saturated heterocycles. The Kier molecular flexibility index (Phi) is 8.93. The van der Waals surface area contributed by atoms with Gasteiger partial charge in [-0.2, -0.15) is 0 Å². The Balaban J connectivity index is 1.01. The van der Waals surface area contributed by atoms with Gasteiger partial charge in [0.2, 0.25) is 0 Å². The molecule has 0 amide bonds. The minimum Gasteiger partial charge on any atom is -0.455 e. The summed E-state index contributed by atoms with van der Waals surface area (Å²) >= 11 is 0. The highest BCUT2D eigenvalue weighted by Crippen LogP contribution is 2.51. The lowest BCUT2D eigenvalue weighted by atomic mass is 9.81. The van der Waals surface area contributed by atoms with Crippen LogP contribution in [0.25, 0.3) is 105 Å². The fourth-order valence-corrected chi connectivity index (χ4v) is 11.7. The number of para-hydroxylation sites is 4. The van der Waals surface area contributed by atoms with E-state index >= 15 is 0 Å². The Bertz CT molecular complexity index is 4180. The molecule has 0 atom stereocenters. The Labute approximate surface area is 406 Å². The molecule has 0 aliphatic heterocycles. The van der Waals surface area contributed by atoms with Gasteiger partial charge in [-0.25, -0.2) is 0 Å². The molecule has 14 rings (SSSR count). The van der Waals surface area contributed by atoms with Crippen LogP contribution in [-0.4, -0.2) is 4.57 Å². The van der Waals surface area contributed by atoms with Crippen LogP contribution in [0.4, 0.5) is 17.1 Å². The molecule has 0 unspecified atom stereocenters. The topological polar surface area (TPSA) is 21.3 Å². The number of rotatable bonds is 7. The first-order valence-electron chi connectivity index (χ1n) is 24.2. The molecule has 330 valence electrons. The molecule has 13 aromatic rings. The quantitative estimate of drug-likeness (QED) is 0.159. The van der Waals surface area contributed by atoms with Gasteiger partial charge in [-0.1, -0.05) is 190 Å². The maximum Gasteiger partial charge on any atom is 0.143 e. The smallest absolute Gasteiger partial charge is 0.143 e. The van der Waals surface area contributed by atoms with Crippen molar-refractivity contribution >= 4 is 71.6 Å². The average molecular weight is 895 g/mol. The van der Waals surface area contributed by atoms with Gasteiger partial charge in [0.05, 0.1) is 16.7 Å². The first-order chi connectivity index (χ1) is 34.5. The summed E-state index contributed by atoms with van der Waals surface area (Å²) in [5, 5.41) is 7.04. The third kappa shape index (κ3) is 6.15. The second-order valence-corrected chi connectivity index (χ2v) is 19.2. The van der Waals surface area contributed by atoms with Crippen LogP contribution in [0.1, 0.15) is 25.0 Å². The van der Waals surface area contributed by atoms with Crippen molar-refractivity contribution in [2.45, 2.75) is 19.3 Å². The fourth-order valence-electron chi connectivity index (χ4n) is 11.7. The molecule has 3 nitrogen and oxygen atoms in total. The molecule has 70 heavy (non-hydrogen) atoms. The molecule has 0 radical (unpaired) electrons. The van der Waals surface area contributed by atoms with E-state index in [0.29, 0.717) is 0 Å². The van der Waals surface area contributed by atoms with Crippen molar-refractivity contribution < 1.29 is 4.42 Å². The average Bonchev–Trinajstić information content (AvgIpc) is 4.04. The van der Waals surface area contributed by atoms with Gasteiger partial charge >= 0.3 is 0 Å². The van der Waals surface area contributed by atoms with Crippen molar-refractivity contribution in [1.29, 1.82) is 0 Å². The summed E-state index contributed by atoms with van der Waals surface area (Å²) in [6.07, 6.45) is 0. The normalized spacial score (nSPS) is 12.8. The van der Waals surface area contributed by atoms with Crippen LogP contribution in [0.3, 0.4) is 0 Å². The number of hydrogen-bond donors (Lipinski definition) is 0. The van der Waals surface area contributed by atoms with Gasteiger partial charge < -0.3 is 13.9 Å². The SMILES string of the molecule is CC1(C)c2ccccc2-c2ccc(-c3cccc(N(c4cc(-c5cccc(-n6c7ccccc7c7ccccc76)c5)c5oc6ccccc6c5c4)c4ccccc4-c4cccc5ccccc45)c3)cc21. The molecule has 0 bridgehead atoms. The summed E-state index contributed by atoms with van der Waals surface area (Å²) in [4.78, 5) is 2.47. The van der Waals surface area contributed by atoms with Gasteiger partial charge in [0.25, 0.3) is 0 Å². The molecular formula is C67H46N2O. The molecule has 1 aliphatic carbocycles. The molecule has 3 heteroatoms. The molecule has 0 N–H and O–H groups in total. The maximum atomic E-state index is 6.92. The first-order valence-corrected chi connectivity index (χ1v) is 24.2. The lowest BCUT2D eigenvalue weighted by Crippen LogP contribution is -2.14. The van der Waals surface area contributed by atoms with Gasteiger partial charge in [0.1, 0.15) is 11.2 Å². The predicted octanol–water partition coefficient (Wildman–Crippen LogP) is 18.6. The zero-order valence-electron chi connectivity index (χ0n) is 38.9. The molecule has 0 fully saturated rings. The molecule has 0 saturated carbocycles. The lowest BCUT2D eigenvalue weighted by Gasteiger charge is -2.29. The van der Waals surface area contributed by atoms with Gasteiger partial charge in [-0.05, 0) is 122 Å². The van der Waals surface area contributed by atoms with Crippen LogP contribution in [0, 0.1) is 0 Å². The standard InChI is InChI=1S/C67H46N2O/c1-67(2)60-31-10-5-25-52(60)53-37-36-45(40-61(53)67)44-20-15-22-47(38-44)68(62-32-11-6-26-54(62)51-30-17-19-43-18-3-4-24-50(43)51)49-41-58(66-59(42-49)57-29-9-14-35-65(57)70-66)46-21-16-23-48(39-46)69-63-33-12-7-27-55(63)56-28-8-13-34-64(56)69/h3-42H,1-2H3. The van der Waals surface area contributed by atoms with Crippen molar-refractivity contribution in [1.82, 2.24) is 4.57 Å². The van der Waals surface area contributed by atoms with Gasteiger partial charge in [-0.3, -0.25) is 0 Å². The molecule has 2 heterocycles. The van der Waals surface area contributed by atoms with Crippen molar-refractivity contribution in [3.8, 4) is 50.2 Å². The second kappa shape index (κ2) is 15.6. The summed E-state index contributed by atoms with van der Waals surface area (Å²) in [7, 11) is 0. The van der Waals surface area contributed by atoms with E-state index in [9.17, 15) is 0 Å². The van der Waals surface area contributed by atoms with Crippen LogP contribution in [-0.2, 0) is 5.41 Å². The summed E-state index contributed by atoms with van der Waals surface area (Å²) in [6, 6.07) is 88.8. The fraction of sp³-hybridized carbons (Fsp3) is 0.0448. The maximum absolute atomic E-state index is 6.92. The highest BCUT2D eigenvalue weighted by atomic mass is 16.3. The Morgan fingerprint density at radius 2 is 0.986 bits per heavy atom. The Morgan fingerprint density at radius 1 is 0.371 bits per heavy atom. The van der Waals surface area contributed by atoms with E-state index in [1.807, 2.05) is 0 Å². The number of furan rings is 1. The minimum atomic E-state index is -0.110. The van der Waals surface area contributed by atoms with Gasteiger partial charge in [0, 0.05) is 55.1 Å². The number of nitrogens with zero attached hydrogens (tertiary/aromatic N) is 2. The van der Waals surface area contributed by atoms with E-state index in [1.165, 1.54) is 66.0 Å². The Morgan fingerprint density at radius 3 is 1.83 bits per heavy atom. The zero-order chi connectivity index (χ0) is 46.5. The Hall–Kier alpha value is -8.92. The molecule has 2 aromatic heterocycles. The van der Waals surface area contributed by atoms with Crippen LogP contribution in [0.15, 0.2) is 247 Å². The van der Waals surface area contributed by atoms with Crippen molar-refractivity contribution in [3.63, 3.8) is 0 Å². The largest absolute Gasteiger partial charge is 0.455 e. The minimum absolute atomic E-state index is 0.110. The molecule has 11 aromatic carbocycles. The zero-order valence-corrected chi connectivity index (χ0v) is 38.9. The van der Waals surface area contributed by atoms with E-state index in [4.69, 9.17) is 4.42 Å². The van der Waals surface area contributed by atoms with Crippen molar-refractivity contribution in [2.24, 2.45) is 0 Å². The number of aromatic nitrogens is 1. The van der Waals surface area contributed by atoms with Crippen molar-refractivity contribution in [2.75, 3.05) is 4.90 Å². The number of fused-ring (bicyclic) bond motifs is 10. The van der Waals surface area contributed by atoms with E-state index in [2.05, 4.69) is 266 Å². The van der Waals surface area contributed by atoms with E-state index in [1.54, 1.807) is 0 Å². The van der Waals surface area contributed by atoms with Crippen molar-refractivity contribution in [3.05, 3.63) is 254 Å². The van der Waals surface area contributed by atoms with Crippen LogP contribution < -0.4 is 4.90 Å². The molecular weight excluding hydrogens is 849 g/mol. The third-order valence-corrected chi connectivity index (χ3v) is 15.0. The number of benzene rings is 11. The van der Waals surface area contributed by atoms with Crippen LogP contribution in [0.2, 0.25) is 0 Å². The van der Waals surface area contributed by atoms with Crippen LogP contribution >= 0.6 is 0 Å². The molecule has 0 spiro atoms. The highest BCUT2D eigenvalue weighted by Gasteiger charge is 2.35. The number of hydrogen-bond acceptors (Lipinski definition) is 2. The van der Waals surface area contributed by atoms with E-state index < -0.39 is 0 Å².